The van der Waals surface area contributed by atoms with Crippen LogP contribution in [0.25, 0.3) is 0 Å². The molecule has 0 spiro atoms. The largest absolute Gasteiger partial charge is 0.347 e. The lowest BCUT2D eigenvalue weighted by molar-refractivity contribution is 0.0896. The highest BCUT2D eigenvalue weighted by atomic mass is 127. The monoisotopic (exact) mass is 394 g/mol. The summed E-state index contributed by atoms with van der Waals surface area (Å²) < 4.78 is 0.997. The van der Waals surface area contributed by atoms with Gasteiger partial charge < -0.3 is 10.6 Å². The molecule has 1 saturated heterocycles. The van der Waals surface area contributed by atoms with Crippen LogP contribution in [-0.2, 0) is 0 Å². The Hall–Kier alpha value is -0.330. The Bertz CT molecular complexity index is 431. The first kappa shape index (κ1) is 16.7. The van der Waals surface area contributed by atoms with E-state index in [-0.39, 0.29) is 24.4 Å². The smallest absolute Gasteiger partial charge is 0.252 e. The van der Waals surface area contributed by atoms with Gasteiger partial charge in [0, 0.05) is 15.7 Å². The third-order valence-corrected chi connectivity index (χ3v) is 4.57. The zero-order valence-corrected chi connectivity index (χ0v) is 14.1. The van der Waals surface area contributed by atoms with Crippen molar-refractivity contribution in [1.29, 1.82) is 0 Å². The fourth-order valence-corrected chi connectivity index (χ4v) is 3.11. The van der Waals surface area contributed by atoms with Crippen molar-refractivity contribution in [2.45, 2.75) is 32.4 Å². The first-order valence-electron chi connectivity index (χ1n) is 6.38. The van der Waals surface area contributed by atoms with Crippen molar-refractivity contribution in [3.63, 3.8) is 0 Å². The van der Waals surface area contributed by atoms with Gasteiger partial charge in [-0.05, 0) is 60.5 Å². The molecule has 1 aliphatic heterocycles. The lowest BCUT2D eigenvalue weighted by atomic mass is 9.89. The van der Waals surface area contributed by atoms with Crippen molar-refractivity contribution in [3.05, 3.63) is 33.4 Å². The summed E-state index contributed by atoms with van der Waals surface area (Å²) in [7, 11) is 0. The molecular weight excluding hydrogens is 375 g/mol. The Labute approximate surface area is 134 Å². The maximum Gasteiger partial charge on any atom is 0.252 e. The van der Waals surface area contributed by atoms with E-state index in [9.17, 15) is 4.79 Å². The van der Waals surface area contributed by atoms with Crippen LogP contribution in [0.4, 0.5) is 0 Å². The summed E-state index contributed by atoms with van der Waals surface area (Å²) in [5.74, 6) is 0.555. The van der Waals surface area contributed by atoms with Crippen LogP contribution in [0.2, 0.25) is 0 Å². The number of hydrogen-bond acceptors (Lipinski definition) is 2. The molecule has 0 saturated carbocycles. The average Bonchev–Trinajstić information content (AvgIpc) is 2.34. The van der Waals surface area contributed by atoms with Gasteiger partial charge >= 0.3 is 0 Å². The molecule has 3 nitrogen and oxygen atoms in total. The molecule has 0 bridgehead atoms. The summed E-state index contributed by atoms with van der Waals surface area (Å²) >= 11 is 2.20. The Balaban J connectivity index is 0.00000180. The minimum atomic E-state index is 0. The first-order chi connectivity index (χ1) is 8.59. The van der Waals surface area contributed by atoms with Gasteiger partial charge in [0.2, 0.25) is 0 Å². The summed E-state index contributed by atoms with van der Waals surface area (Å²) in [5, 5.41) is 6.59. The Morgan fingerprint density at radius 1 is 1.37 bits per heavy atom. The number of halogens is 2. The van der Waals surface area contributed by atoms with Crippen LogP contribution in [0.5, 0.6) is 0 Å². The molecule has 1 amide bonds. The van der Waals surface area contributed by atoms with Crippen molar-refractivity contribution in [3.8, 4) is 0 Å². The number of carbonyl (C=O) groups excluding carboxylic acids is 1. The van der Waals surface area contributed by atoms with Gasteiger partial charge in [-0.25, -0.2) is 0 Å². The highest BCUT2D eigenvalue weighted by Gasteiger charge is 2.29. The fourth-order valence-electron chi connectivity index (χ4n) is 2.48. The van der Waals surface area contributed by atoms with Gasteiger partial charge in [-0.1, -0.05) is 19.1 Å². The summed E-state index contributed by atoms with van der Waals surface area (Å²) in [4.78, 5) is 12.3. The minimum Gasteiger partial charge on any atom is -0.347 e. The lowest BCUT2D eigenvalue weighted by Crippen LogP contribution is -2.56. The highest BCUT2D eigenvalue weighted by Crippen LogP contribution is 2.18. The fraction of sp³-hybridized carbons (Fsp3) is 0.500. The van der Waals surface area contributed by atoms with Crippen molar-refractivity contribution < 1.29 is 4.79 Å². The SMILES string of the molecule is CC1CCNC(C)C1NC(=O)c1ccccc1I.Cl. The standard InChI is InChI=1S/C14H19IN2O.ClH/c1-9-7-8-16-10(2)13(9)17-14(18)11-5-3-4-6-12(11)15;/h3-6,9-10,13,16H,7-8H2,1-2H3,(H,17,18);1H. The molecule has 106 valence electrons. The maximum absolute atomic E-state index is 12.3. The zero-order valence-electron chi connectivity index (χ0n) is 11.2. The van der Waals surface area contributed by atoms with Crippen molar-refractivity contribution in [2.24, 2.45) is 5.92 Å². The predicted octanol–water partition coefficient (Wildman–Crippen LogP) is 2.83. The van der Waals surface area contributed by atoms with Gasteiger partial charge in [0.15, 0.2) is 0 Å². The molecular formula is C14H20ClIN2O. The van der Waals surface area contributed by atoms with E-state index in [0.29, 0.717) is 12.0 Å². The Kier molecular flexibility index (Phi) is 6.56. The topological polar surface area (TPSA) is 41.1 Å². The van der Waals surface area contributed by atoms with E-state index >= 15 is 0 Å². The molecule has 1 aromatic rings. The van der Waals surface area contributed by atoms with E-state index in [1.165, 1.54) is 0 Å². The number of hydrogen-bond donors (Lipinski definition) is 2. The van der Waals surface area contributed by atoms with Crippen LogP contribution in [0.1, 0.15) is 30.6 Å². The molecule has 3 unspecified atom stereocenters. The van der Waals surface area contributed by atoms with Crippen LogP contribution in [-0.4, -0.2) is 24.5 Å². The molecule has 1 aromatic carbocycles. The van der Waals surface area contributed by atoms with E-state index in [2.05, 4.69) is 47.1 Å². The van der Waals surface area contributed by atoms with Gasteiger partial charge in [-0.2, -0.15) is 0 Å². The Morgan fingerprint density at radius 2 is 2.05 bits per heavy atom. The van der Waals surface area contributed by atoms with E-state index in [1.54, 1.807) is 0 Å². The van der Waals surface area contributed by atoms with Crippen LogP contribution in [0.15, 0.2) is 24.3 Å². The second kappa shape index (κ2) is 7.45. The van der Waals surface area contributed by atoms with Crippen molar-refractivity contribution >= 4 is 40.9 Å². The molecule has 5 heteroatoms. The van der Waals surface area contributed by atoms with Crippen molar-refractivity contribution in [1.82, 2.24) is 10.6 Å². The number of piperidine rings is 1. The normalized spacial score (nSPS) is 26.4. The second-order valence-electron chi connectivity index (χ2n) is 4.99. The molecule has 2 rings (SSSR count). The van der Waals surface area contributed by atoms with Crippen LogP contribution in [0.3, 0.4) is 0 Å². The summed E-state index contributed by atoms with van der Waals surface area (Å²) in [6.07, 6.45) is 1.11. The third kappa shape index (κ3) is 4.07. The minimum absolute atomic E-state index is 0. The molecule has 1 fully saturated rings. The maximum atomic E-state index is 12.3. The van der Waals surface area contributed by atoms with Gasteiger partial charge in [-0.15, -0.1) is 12.4 Å². The Morgan fingerprint density at radius 3 is 2.68 bits per heavy atom. The molecule has 1 aliphatic rings. The molecule has 1 heterocycles. The summed E-state index contributed by atoms with van der Waals surface area (Å²) in [5.41, 5.74) is 0.767. The van der Waals surface area contributed by atoms with E-state index in [0.717, 1.165) is 22.1 Å². The van der Waals surface area contributed by atoms with E-state index < -0.39 is 0 Å². The lowest BCUT2D eigenvalue weighted by Gasteiger charge is -2.36. The number of carbonyl (C=O) groups is 1. The van der Waals surface area contributed by atoms with E-state index in [1.807, 2.05) is 24.3 Å². The number of rotatable bonds is 2. The molecule has 19 heavy (non-hydrogen) atoms. The van der Waals surface area contributed by atoms with Crippen molar-refractivity contribution in [2.75, 3.05) is 6.54 Å². The quantitative estimate of drug-likeness (QED) is 0.758. The highest BCUT2D eigenvalue weighted by molar-refractivity contribution is 14.1. The molecule has 0 radical (unpaired) electrons. The first-order valence-corrected chi connectivity index (χ1v) is 7.46. The molecule has 0 aliphatic carbocycles. The van der Waals surface area contributed by atoms with Crippen LogP contribution in [0, 0.1) is 9.49 Å². The zero-order chi connectivity index (χ0) is 13.1. The number of amides is 1. The van der Waals surface area contributed by atoms with Crippen LogP contribution < -0.4 is 10.6 Å². The van der Waals surface area contributed by atoms with Crippen LogP contribution >= 0.6 is 35.0 Å². The van der Waals surface area contributed by atoms with E-state index in [4.69, 9.17) is 0 Å². The number of benzene rings is 1. The predicted molar refractivity (Wildman–Crippen MR) is 88.9 cm³/mol. The average molecular weight is 395 g/mol. The third-order valence-electron chi connectivity index (χ3n) is 3.63. The summed E-state index contributed by atoms with van der Waals surface area (Å²) in [6.45, 7) is 5.38. The second-order valence-corrected chi connectivity index (χ2v) is 6.15. The molecule has 0 aromatic heterocycles. The summed E-state index contributed by atoms with van der Waals surface area (Å²) in [6, 6.07) is 8.24. The van der Waals surface area contributed by atoms with Gasteiger partial charge in [-0.3, -0.25) is 4.79 Å². The molecule has 2 N–H and O–H groups in total. The number of nitrogens with one attached hydrogen (secondary N) is 2. The van der Waals surface area contributed by atoms with Gasteiger partial charge in [0.1, 0.15) is 0 Å². The molecule has 3 atom stereocenters. The van der Waals surface area contributed by atoms with Gasteiger partial charge in [0.05, 0.1) is 5.56 Å². The van der Waals surface area contributed by atoms with Gasteiger partial charge in [0.25, 0.3) is 5.91 Å².